The molecule has 0 aromatic heterocycles. The Morgan fingerprint density at radius 2 is 1.67 bits per heavy atom. The second-order valence-electron chi connectivity index (χ2n) is 9.17. The summed E-state index contributed by atoms with van der Waals surface area (Å²) in [6, 6.07) is 19.5. The number of nitrogens with one attached hydrogen (secondary N) is 1. The summed E-state index contributed by atoms with van der Waals surface area (Å²) < 4.78 is 29.5. The Bertz CT molecular complexity index is 1380. The van der Waals surface area contributed by atoms with E-state index in [1.165, 1.54) is 17.0 Å². The topological polar surface area (TPSA) is 86.8 Å². The van der Waals surface area contributed by atoms with E-state index < -0.39 is 28.5 Å². The van der Waals surface area contributed by atoms with E-state index in [2.05, 4.69) is 21.2 Å². The van der Waals surface area contributed by atoms with Crippen molar-refractivity contribution in [2.24, 2.45) is 0 Å². The van der Waals surface area contributed by atoms with Crippen molar-refractivity contribution in [2.75, 3.05) is 17.4 Å². The first kappa shape index (κ1) is 30.7. The average Bonchev–Trinajstić information content (AvgIpc) is 2.91. The minimum atomic E-state index is -4.11. The van der Waals surface area contributed by atoms with Gasteiger partial charge >= 0.3 is 0 Å². The lowest BCUT2D eigenvalue weighted by Crippen LogP contribution is -2.52. The predicted octanol–water partition coefficient (Wildman–Crippen LogP) is 5.94. The minimum Gasteiger partial charge on any atom is -0.354 e. The molecular weight excluding hydrogens is 602 g/mol. The molecule has 0 radical (unpaired) electrons. The van der Waals surface area contributed by atoms with Crippen molar-refractivity contribution < 1.29 is 18.0 Å². The summed E-state index contributed by atoms with van der Waals surface area (Å²) in [7, 11) is -4.11. The Morgan fingerprint density at radius 1 is 1.00 bits per heavy atom. The molecule has 0 aliphatic rings. The Hall–Kier alpha value is -2.88. The van der Waals surface area contributed by atoms with E-state index >= 15 is 0 Å². The van der Waals surface area contributed by atoms with E-state index in [1.807, 2.05) is 20.8 Å². The van der Waals surface area contributed by atoms with Crippen molar-refractivity contribution >= 4 is 55.1 Å². The maximum absolute atomic E-state index is 14.0. The molecule has 39 heavy (non-hydrogen) atoms. The molecule has 1 atom stereocenters. The van der Waals surface area contributed by atoms with E-state index in [0.29, 0.717) is 28.1 Å². The van der Waals surface area contributed by atoms with Crippen LogP contribution in [0.15, 0.2) is 82.2 Å². The van der Waals surface area contributed by atoms with Crippen LogP contribution in [-0.4, -0.2) is 44.3 Å². The summed E-state index contributed by atoms with van der Waals surface area (Å²) in [6.07, 6.45) is 1.11. The average molecular weight is 635 g/mol. The molecule has 0 unspecified atom stereocenters. The van der Waals surface area contributed by atoms with Gasteiger partial charge in [-0.2, -0.15) is 0 Å². The maximum Gasteiger partial charge on any atom is 0.264 e. The highest BCUT2D eigenvalue weighted by atomic mass is 79.9. The second-order valence-corrected chi connectivity index (χ2v) is 12.4. The lowest BCUT2D eigenvalue weighted by Gasteiger charge is -2.33. The highest BCUT2D eigenvalue weighted by molar-refractivity contribution is 9.10. The van der Waals surface area contributed by atoms with Crippen molar-refractivity contribution in [1.82, 2.24) is 10.2 Å². The zero-order chi connectivity index (χ0) is 28.6. The summed E-state index contributed by atoms with van der Waals surface area (Å²) in [5.41, 5.74) is 2.01. The van der Waals surface area contributed by atoms with Crippen molar-refractivity contribution in [2.45, 2.75) is 51.1 Å². The summed E-state index contributed by atoms with van der Waals surface area (Å²) >= 11 is 9.46. The first-order chi connectivity index (χ1) is 18.6. The quantitative estimate of drug-likeness (QED) is 0.267. The number of rotatable bonds is 12. The van der Waals surface area contributed by atoms with E-state index in [9.17, 15) is 18.0 Å². The third-order valence-electron chi connectivity index (χ3n) is 6.19. The van der Waals surface area contributed by atoms with Crippen LogP contribution in [0.1, 0.15) is 37.8 Å². The van der Waals surface area contributed by atoms with Gasteiger partial charge in [0.25, 0.3) is 10.0 Å². The van der Waals surface area contributed by atoms with Crippen molar-refractivity contribution in [1.29, 1.82) is 0 Å². The van der Waals surface area contributed by atoms with Gasteiger partial charge in [0.1, 0.15) is 12.6 Å². The summed E-state index contributed by atoms with van der Waals surface area (Å²) in [4.78, 5) is 28.6. The number of carbonyl (C=O) groups excluding carboxylic acids is 2. The van der Waals surface area contributed by atoms with Crippen LogP contribution in [0, 0.1) is 6.92 Å². The van der Waals surface area contributed by atoms with Gasteiger partial charge in [0, 0.05) is 22.6 Å². The molecule has 0 saturated carbocycles. The molecule has 3 aromatic rings. The van der Waals surface area contributed by atoms with E-state index in [-0.39, 0.29) is 17.3 Å². The minimum absolute atomic E-state index is 0.0675. The highest BCUT2D eigenvalue weighted by Gasteiger charge is 2.33. The summed E-state index contributed by atoms with van der Waals surface area (Å²) in [5.74, 6) is -0.781. The molecular formula is C29H33BrClN3O4S. The number of sulfonamides is 1. The van der Waals surface area contributed by atoms with Gasteiger partial charge < -0.3 is 10.2 Å². The first-order valence-electron chi connectivity index (χ1n) is 12.7. The summed E-state index contributed by atoms with van der Waals surface area (Å²) in [6.45, 7) is 5.75. The Kier molecular flexibility index (Phi) is 11.0. The Labute approximate surface area is 244 Å². The predicted molar refractivity (Wildman–Crippen MR) is 159 cm³/mol. The fourth-order valence-corrected chi connectivity index (χ4v) is 5.99. The number of carbonyl (C=O) groups is 2. The summed E-state index contributed by atoms with van der Waals surface area (Å²) in [5, 5.41) is 3.43. The lowest BCUT2D eigenvalue weighted by molar-refractivity contribution is -0.140. The van der Waals surface area contributed by atoms with Crippen molar-refractivity contribution in [3.8, 4) is 0 Å². The van der Waals surface area contributed by atoms with Gasteiger partial charge in [-0.1, -0.05) is 77.3 Å². The van der Waals surface area contributed by atoms with Crippen LogP contribution in [-0.2, 0) is 26.2 Å². The molecule has 1 N–H and O–H groups in total. The molecule has 0 saturated heterocycles. The van der Waals surface area contributed by atoms with Gasteiger partial charge in [-0.25, -0.2) is 8.42 Å². The van der Waals surface area contributed by atoms with Crippen LogP contribution in [0.5, 0.6) is 0 Å². The first-order valence-corrected chi connectivity index (χ1v) is 15.3. The standard InChI is InChI=1S/C29H33BrClN3O4S/c1-4-17-32-29(36)27(5-2)33(19-22-11-13-24(31)14-12-22)28(35)20-34(25-8-6-7-23(30)18-25)39(37,38)26-15-9-21(3)10-16-26/h6-16,18,27H,4-5,17,19-20H2,1-3H3,(H,32,36)/t27-/m1/s1. The number of benzene rings is 3. The van der Waals surface area contributed by atoms with Crippen LogP contribution in [0.25, 0.3) is 0 Å². The van der Waals surface area contributed by atoms with E-state index in [4.69, 9.17) is 11.6 Å². The molecule has 0 spiro atoms. The fraction of sp³-hybridized carbons (Fsp3) is 0.310. The monoisotopic (exact) mass is 633 g/mol. The number of aryl methyl sites for hydroxylation is 1. The molecule has 0 bridgehead atoms. The van der Waals surface area contributed by atoms with Crippen LogP contribution in [0.2, 0.25) is 5.02 Å². The van der Waals surface area contributed by atoms with Gasteiger partial charge in [-0.15, -0.1) is 0 Å². The normalized spacial score (nSPS) is 12.0. The van der Waals surface area contributed by atoms with Gasteiger partial charge in [-0.3, -0.25) is 13.9 Å². The number of anilines is 1. The molecule has 10 heteroatoms. The van der Waals surface area contributed by atoms with Crippen molar-refractivity contribution in [3.05, 3.63) is 93.4 Å². The lowest BCUT2D eigenvalue weighted by atomic mass is 10.1. The SMILES string of the molecule is CCCNC(=O)[C@@H](CC)N(Cc1ccc(Cl)cc1)C(=O)CN(c1cccc(Br)c1)S(=O)(=O)c1ccc(C)cc1. The fourth-order valence-electron chi connectivity index (χ4n) is 4.07. The number of nitrogens with zero attached hydrogens (tertiary/aromatic N) is 2. The van der Waals surface area contributed by atoms with Crippen LogP contribution >= 0.6 is 27.5 Å². The van der Waals surface area contributed by atoms with Gasteiger partial charge in [0.15, 0.2) is 0 Å². The zero-order valence-electron chi connectivity index (χ0n) is 22.2. The molecule has 3 aromatic carbocycles. The third kappa shape index (κ3) is 8.06. The van der Waals surface area contributed by atoms with E-state index in [1.54, 1.807) is 60.7 Å². The maximum atomic E-state index is 14.0. The largest absolute Gasteiger partial charge is 0.354 e. The Balaban J connectivity index is 2.04. The van der Waals surface area contributed by atoms with Crippen LogP contribution < -0.4 is 9.62 Å². The third-order valence-corrected chi connectivity index (χ3v) is 8.72. The molecule has 7 nitrogen and oxygen atoms in total. The highest BCUT2D eigenvalue weighted by Crippen LogP contribution is 2.27. The van der Waals surface area contributed by atoms with Crippen molar-refractivity contribution in [3.63, 3.8) is 0 Å². The molecule has 3 rings (SSSR count). The van der Waals surface area contributed by atoms with Crippen LogP contribution in [0.4, 0.5) is 5.69 Å². The van der Waals surface area contributed by atoms with Gasteiger partial charge in [0.05, 0.1) is 10.6 Å². The number of hydrogen-bond donors (Lipinski definition) is 1. The van der Waals surface area contributed by atoms with Crippen LogP contribution in [0.3, 0.4) is 0 Å². The molecule has 2 amide bonds. The molecule has 0 fully saturated rings. The smallest absolute Gasteiger partial charge is 0.264 e. The molecule has 0 aliphatic carbocycles. The van der Waals surface area contributed by atoms with Gasteiger partial charge in [0.2, 0.25) is 11.8 Å². The van der Waals surface area contributed by atoms with Gasteiger partial charge in [-0.05, 0) is 67.8 Å². The number of halogens is 2. The molecule has 208 valence electrons. The number of hydrogen-bond acceptors (Lipinski definition) is 4. The number of amides is 2. The van der Waals surface area contributed by atoms with E-state index in [0.717, 1.165) is 21.9 Å². The zero-order valence-corrected chi connectivity index (χ0v) is 25.4. The second kappa shape index (κ2) is 14.0. The molecule has 0 heterocycles. The molecule has 0 aliphatic heterocycles. The Morgan fingerprint density at radius 3 is 2.26 bits per heavy atom.